The lowest BCUT2D eigenvalue weighted by molar-refractivity contribution is 0.0527. The van der Waals surface area contributed by atoms with E-state index < -0.39 is 15.8 Å². The monoisotopic (exact) mass is 313 g/mol. The second-order valence-corrected chi connectivity index (χ2v) is 7.22. The SMILES string of the molecule is CCOC(=O)c1ccnc(NC2CCS(=O)(=O)CC2)c1N. The third-order valence-electron chi connectivity index (χ3n) is 3.38. The van der Waals surface area contributed by atoms with Gasteiger partial charge in [0.1, 0.15) is 15.7 Å². The smallest absolute Gasteiger partial charge is 0.340 e. The molecule has 116 valence electrons. The standard InChI is InChI=1S/C13H19N3O4S/c1-2-20-13(17)10-3-6-15-12(11(10)14)16-9-4-7-21(18,19)8-5-9/h3,6,9H,2,4-5,7-8,14H2,1H3,(H,15,16). The predicted molar refractivity (Wildman–Crippen MR) is 79.9 cm³/mol. The molecule has 3 N–H and O–H groups in total. The van der Waals surface area contributed by atoms with E-state index in [0.29, 0.717) is 18.7 Å². The number of aromatic nitrogens is 1. The van der Waals surface area contributed by atoms with Gasteiger partial charge in [-0.25, -0.2) is 18.2 Å². The maximum atomic E-state index is 11.8. The summed E-state index contributed by atoms with van der Waals surface area (Å²) in [7, 11) is -2.91. The van der Waals surface area contributed by atoms with Crippen molar-refractivity contribution in [2.75, 3.05) is 29.2 Å². The zero-order valence-electron chi connectivity index (χ0n) is 11.8. The van der Waals surface area contributed by atoms with Crippen LogP contribution in [0.4, 0.5) is 11.5 Å². The van der Waals surface area contributed by atoms with Gasteiger partial charge in [0, 0.05) is 12.2 Å². The number of rotatable bonds is 4. The number of pyridine rings is 1. The summed E-state index contributed by atoms with van der Waals surface area (Å²) < 4.78 is 27.7. The summed E-state index contributed by atoms with van der Waals surface area (Å²) in [4.78, 5) is 15.9. The Bertz CT molecular complexity index is 616. The highest BCUT2D eigenvalue weighted by Gasteiger charge is 2.25. The van der Waals surface area contributed by atoms with Crippen molar-refractivity contribution in [3.05, 3.63) is 17.8 Å². The fraction of sp³-hybridized carbons (Fsp3) is 0.538. The highest BCUT2D eigenvalue weighted by atomic mass is 32.2. The van der Waals surface area contributed by atoms with E-state index in [1.165, 1.54) is 12.3 Å². The van der Waals surface area contributed by atoms with Gasteiger partial charge in [0.25, 0.3) is 0 Å². The normalized spacial score (nSPS) is 18.1. The van der Waals surface area contributed by atoms with Crippen LogP contribution in [0.3, 0.4) is 0 Å². The molecule has 1 fully saturated rings. The second kappa shape index (κ2) is 6.30. The number of sulfone groups is 1. The molecule has 0 bridgehead atoms. The lowest BCUT2D eigenvalue weighted by Crippen LogP contribution is -2.32. The lowest BCUT2D eigenvalue weighted by atomic mass is 10.1. The number of nitrogens with one attached hydrogen (secondary N) is 1. The molecule has 0 spiro atoms. The Morgan fingerprint density at radius 1 is 1.48 bits per heavy atom. The third-order valence-corrected chi connectivity index (χ3v) is 5.10. The fourth-order valence-corrected chi connectivity index (χ4v) is 3.69. The first-order valence-electron chi connectivity index (χ1n) is 6.81. The summed E-state index contributed by atoms with van der Waals surface area (Å²) in [5.74, 6) is 0.209. The van der Waals surface area contributed by atoms with Gasteiger partial charge >= 0.3 is 5.97 Å². The lowest BCUT2D eigenvalue weighted by Gasteiger charge is -2.24. The van der Waals surface area contributed by atoms with Crippen LogP contribution in [0.5, 0.6) is 0 Å². The Kier molecular flexibility index (Phi) is 4.66. The fourth-order valence-electron chi connectivity index (χ4n) is 2.20. The van der Waals surface area contributed by atoms with E-state index in [2.05, 4.69) is 10.3 Å². The summed E-state index contributed by atoms with van der Waals surface area (Å²) in [6.45, 7) is 1.99. The quantitative estimate of drug-likeness (QED) is 0.792. The number of nitrogens with two attached hydrogens (primary N) is 1. The van der Waals surface area contributed by atoms with Gasteiger partial charge in [-0.3, -0.25) is 0 Å². The summed E-state index contributed by atoms with van der Waals surface area (Å²) in [5.41, 5.74) is 6.43. The summed E-state index contributed by atoms with van der Waals surface area (Å²) in [6, 6.07) is 1.49. The molecule has 0 amide bonds. The molecular formula is C13H19N3O4S. The Morgan fingerprint density at radius 3 is 2.76 bits per heavy atom. The molecule has 7 nitrogen and oxygen atoms in total. The first-order chi connectivity index (χ1) is 9.93. The summed E-state index contributed by atoms with van der Waals surface area (Å²) in [5, 5.41) is 3.12. The highest BCUT2D eigenvalue weighted by molar-refractivity contribution is 7.91. The van der Waals surface area contributed by atoms with Crippen molar-refractivity contribution >= 4 is 27.3 Å². The van der Waals surface area contributed by atoms with Gasteiger partial charge in [-0.2, -0.15) is 0 Å². The van der Waals surface area contributed by atoms with Crippen LogP contribution >= 0.6 is 0 Å². The van der Waals surface area contributed by atoms with E-state index in [1.807, 2.05) is 0 Å². The van der Waals surface area contributed by atoms with E-state index in [-0.39, 0.29) is 35.4 Å². The van der Waals surface area contributed by atoms with E-state index in [9.17, 15) is 13.2 Å². The van der Waals surface area contributed by atoms with Crippen LogP contribution in [-0.4, -0.2) is 43.5 Å². The number of nitrogens with zero attached hydrogens (tertiary/aromatic N) is 1. The maximum Gasteiger partial charge on any atom is 0.340 e. The molecule has 1 aromatic rings. The molecule has 1 aliphatic heterocycles. The molecule has 0 aliphatic carbocycles. The minimum absolute atomic E-state index is 0.0132. The van der Waals surface area contributed by atoms with Crippen molar-refractivity contribution in [1.29, 1.82) is 0 Å². The predicted octanol–water partition coefficient (Wildman–Crippen LogP) is 0.830. The van der Waals surface area contributed by atoms with Crippen LogP contribution in [0.25, 0.3) is 0 Å². The van der Waals surface area contributed by atoms with Gasteiger partial charge in [-0.05, 0) is 25.8 Å². The first kappa shape index (κ1) is 15.6. The molecule has 0 saturated carbocycles. The van der Waals surface area contributed by atoms with Crippen LogP contribution in [0.1, 0.15) is 30.1 Å². The van der Waals surface area contributed by atoms with Crippen molar-refractivity contribution < 1.29 is 17.9 Å². The van der Waals surface area contributed by atoms with Crippen LogP contribution in [-0.2, 0) is 14.6 Å². The summed E-state index contributed by atoms with van der Waals surface area (Å²) in [6.07, 6.45) is 2.49. The van der Waals surface area contributed by atoms with Gasteiger partial charge < -0.3 is 15.8 Å². The minimum atomic E-state index is -2.91. The van der Waals surface area contributed by atoms with Gasteiger partial charge in [0.05, 0.1) is 29.4 Å². The van der Waals surface area contributed by atoms with Crippen LogP contribution < -0.4 is 11.1 Å². The maximum absolute atomic E-state index is 11.8. The van der Waals surface area contributed by atoms with Crippen molar-refractivity contribution in [1.82, 2.24) is 4.98 Å². The third kappa shape index (κ3) is 3.84. The number of ether oxygens (including phenoxy) is 1. The van der Waals surface area contributed by atoms with Crippen LogP contribution in [0, 0.1) is 0 Å². The topological polar surface area (TPSA) is 111 Å². The molecule has 0 unspecified atom stereocenters. The van der Waals surface area contributed by atoms with E-state index >= 15 is 0 Å². The highest BCUT2D eigenvalue weighted by Crippen LogP contribution is 2.24. The number of hydrogen-bond donors (Lipinski definition) is 2. The Balaban J connectivity index is 2.11. The molecule has 2 heterocycles. The molecule has 1 aromatic heterocycles. The Morgan fingerprint density at radius 2 is 2.14 bits per heavy atom. The number of nitrogen functional groups attached to an aromatic ring is 1. The van der Waals surface area contributed by atoms with Gasteiger partial charge in [0.15, 0.2) is 0 Å². The molecule has 8 heteroatoms. The Hall–Kier alpha value is -1.83. The van der Waals surface area contributed by atoms with Crippen LogP contribution in [0.15, 0.2) is 12.3 Å². The number of carbonyl (C=O) groups is 1. The number of anilines is 2. The van der Waals surface area contributed by atoms with E-state index in [1.54, 1.807) is 6.92 Å². The van der Waals surface area contributed by atoms with Crippen molar-refractivity contribution in [3.8, 4) is 0 Å². The molecular weight excluding hydrogens is 294 g/mol. The van der Waals surface area contributed by atoms with Crippen molar-refractivity contribution in [3.63, 3.8) is 0 Å². The average molecular weight is 313 g/mol. The summed E-state index contributed by atoms with van der Waals surface area (Å²) >= 11 is 0. The van der Waals surface area contributed by atoms with E-state index in [0.717, 1.165) is 0 Å². The second-order valence-electron chi connectivity index (χ2n) is 4.91. The number of hydrogen-bond acceptors (Lipinski definition) is 7. The molecule has 21 heavy (non-hydrogen) atoms. The zero-order chi connectivity index (χ0) is 15.5. The molecule has 1 aliphatic rings. The largest absolute Gasteiger partial charge is 0.462 e. The first-order valence-corrected chi connectivity index (χ1v) is 8.63. The number of carbonyl (C=O) groups excluding carboxylic acids is 1. The molecule has 0 radical (unpaired) electrons. The van der Waals surface area contributed by atoms with Gasteiger partial charge in [-0.15, -0.1) is 0 Å². The van der Waals surface area contributed by atoms with Crippen molar-refractivity contribution in [2.24, 2.45) is 0 Å². The van der Waals surface area contributed by atoms with Gasteiger partial charge in [-0.1, -0.05) is 0 Å². The van der Waals surface area contributed by atoms with Gasteiger partial charge in [0.2, 0.25) is 0 Å². The molecule has 0 aromatic carbocycles. The van der Waals surface area contributed by atoms with Crippen molar-refractivity contribution in [2.45, 2.75) is 25.8 Å². The Labute approximate surface area is 123 Å². The molecule has 0 atom stereocenters. The average Bonchev–Trinajstić information content (AvgIpc) is 2.43. The van der Waals surface area contributed by atoms with E-state index in [4.69, 9.17) is 10.5 Å². The zero-order valence-corrected chi connectivity index (χ0v) is 12.6. The minimum Gasteiger partial charge on any atom is -0.462 e. The molecule has 2 rings (SSSR count). The number of esters is 1. The van der Waals surface area contributed by atoms with Crippen LogP contribution in [0.2, 0.25) is 0 Å². The molecule has 1 saturated heterocycles.